The Hall–Kier alpha value is -1.67. The zero-order chi connectivity index (χ0) is 17.9. The molecule has 1 unspecified atom stereocenters. The Labute approximate surface area is 137 Å². The minimum Gasteiger partial charge on any atom is -0.382 e. The molecular weight excluding hydrogens is 360 g/mol. The van der Waals surface area contributed by atoms with Crippen LogP contribution in [0.2, 0.25) is 5.02 Å². The zero-order valence-corrected chi connectivity index (χ0v) is 12.6. The first kappa shape index (κ1) is 17.2. The summed E-state index contributed by atoms with van der Waals surface area (Å²) < 4.78 is 81.5. The van der Waals surface area contributed by atoms with Crippen LogP contribution in [0, 0.1) is 5.82 Å². The molecular formula is C15H10ClF6NO. The highest BCUT2D eigenvalue weighted by molar-refractivity contribution is 6.30. The first-order valence-electron chi connectivity index (χ1n) is 6.84. The molecule has 2 aromatic rings. The lowest BCUT2D eigenvalue weighted by Crippen LogP contribution is -2.33. The van der Waals surface area contributed by atoms with Crippen LogP contribution in [0.5, 0.6) is 0 Å². The molecule has 0 spiro atoms. The Kier molecular flexibility index (Phi) is 3.88. The van der Waals surface area contributed by atoms with Crippen molar-refractivity contribution >= 4 is 11.6 Å². The molecule has 0 bridgehead atoms. The maximum Gasteiger partial charge on any atom is 0.418 e. The molecule has 0 aliphatic heterocycles. The minimum atomic E-state index is -4.94. The van der Waals surface area contributed by atoms with Gasteiger partial charge in [-0.1, -0.05) is 11.6 Å². The molecule has 0 amide bonds. The lowest BCUT2D eigenvalue weighted by Gasteiger charge is -2.29. The van der Waals surface area contributed by atoms with Crippen molar-refractivity contribution in [3.8, 4) is 5.69 Å². The van der Waals surface area contributed by atoms with E-state index in [2.05, 4.69) is 0 Å². The topological polar surface area (TPSA) is 25.2 Å². The van der Waals surface area contributed by atoms with Gasteiger partial charge in [0.05, 0.1) is 5.56 Å². The number of rotatable bonds is 1. The molecule has 1 heterocycles. The van der Waals surface area contributed by atoms with Crippen molar-refractivity contribution in [2.24, 2.45) is 0 Å². The van der Waals surface area contributed by atoms with Crippen molar-refractivity contribution in [2.45, 2.75) is 31.0 Å². The van der Waals surface area contributed by atoms with Gasteiger partial charge in [0.2, 0.25) is 0 Å². The van der Waals surface area contributed by atoms with Crippen LogP contribution >= 0.6 is 11.6 Å². The second-order valence-corrected chi connectivity index (χ2v) is 6.00. The largest absolute Gasteiger partial charge is 0.418 e. The number of halogens is 7. The molecule has 24 heavy (non-hydrogen) atoms. The number of aliphatic hydroxyl groups is 1. The van der Waals surface area contributed by atoms with E-state index >= 15 is 0 Å². The summed E-state index contributed by atoms with van der Waals surface area (Å²) in [7, 11) is 0. The van der Waals surface area contributed by atoms with Gasteiger partial charge in [0.1, 0.15) is 11.9 Å². The first-order chi connectivity index (χ1) is 11.0. The van der Waals surface area contributed by atoms with E-state index in [9.17, 15) is 31.4 Å². The van der Waals surface area contributed by atoms with Crippen molar-refractivity contribution in [1.29, 1.82) is 0 Å². The highest BCUT2D eigenvalue weighted by Gasteiger charge is 2.50. The van der Waals surface area contributed by atoms with E-state index in [-0.39, 0.29) is 16.4 Å². The average molecular weight is 370 g/mol. The second kappa shape index (κ2) is 5.42. The third-order valence-electron chi connectivity index (χ3n) is 3.95. The van der Waals surface area contributed by atoms with Crippen LogP contribution in [0.1, 0.15) is 29.3 Å². The molecule has 0 saturated carbocycles. The first-order valence-corrected chi connectivity index (χ1v) is 7.22. The van der Waals surface area contributed by atoms with Crippen molar-refractivity contribution in [3.05, 3.63) is 52.1 Å². The fourth-order valence-corrected chi connectivity index (χ4v) is 3.11. The molecule has 130 valence electrons. The molecule has 1 aromatic carbocycles. The van der Waals surface area contributed by atoms with Gasteiger partial charge in [-0.3, -0.25) is 0 Å². The van der Waals surface area contributed by atoms with Crippen LogP contribution in [0.4, 0.5) is 26.3 Å². The minimum absolute atomic E-state index is 0.0378. The Morgan fingerprint density at radius 3 is 2.46 bits per heavy atom. The number of hydrogen-bond acceptors (Lipinski definition) is 1. The third-order valence-corrected chi connectivity index (χ3v) is 4.17. The molecule has 1 aromatic heterocycles. The van der Waals surface area contributed by atoms with Gasteiger partial charge in [0.15, 0.2) is 0 Å². The highest BCUT2D eigenvalue weighted by atomic mass is 35.5. The van der Waals surface area contributed by atoms with E-state index < -0.39 is 48.0 Å². The van der Waals surface area contributed by atoms with E-state index in [1.807, 2.05) is 0 Å². The van der Waals surface area contributed by atoms with Gasteiger partial charge in [-0.15, -0.1) is 0 Å². The Balaban J connectivity index is 2.27. The predicted molar refractivity (Wildman–Crippen MR) is 74.0 cm³/mol. The fourth-order valence-electron chi connectivity index (χ4n) is 2.89. The van der Waals surface area contributed by atoms with Gasteiger partial charge in [-0.2, -0.15) is 13.2 Å². The molecule has 1 aliphatic rings. The van der Waals surface area contributed by atoms with Gasteiger partial charge >= 0.3 is 6.18 Å². The van der Waals surface area contributed by atoms with Crippen molar-refractivity contribution in [1.82, 2.24) is 4.57 Å². The van der Waals surface area contributed by atoms with E-state index in [4.69, 9.17) is 11.6 Å². The van der Waals surface area contributed by atoms with Crippen LogP contribution in [-0.2, 0) is 12.6 Å². The van der Waals surface area contributed by atoms with E-state index in [1.165, 1.54) is 6.07 Å². The van der Waals surface area contributed by atoms with E-state index in [1.54, 1.807) is 0 Å². The van der Waals surface area contributed by atoms with Gasteiger partial charge in [0, 0.05) is 34.6 Å². The molecule has 1 atom stereocenters. The lowest BCUT2D eigenvalue weighted by molar-refractivity contribution is -0.147. The van der Waals surface area contributed by atoms with Crippen LogP contribution in [0.25, 0.3) is 5.69 Å². The molecule has 0 radical (unpaired) electrons. The Morgan fingerprint density at radius 2 is 1.88 bits per heavy atom. The maximum absolute atomic E-state index is 13.7. The smallest absolute Gasteiger partial charge is 0.382 e. The second-order valence-electron chi connectivity index (χ2n) is 5.56. The number of aliphatic hydroxyl groups excluding tert-OH is 1. The number of fused-ring (bicyclic) bond motifs is 1. The molecule has 0 saturated heterocycles. The Bertz CT molecular complexity index is 778. The molecule has 9 heteroatoms. The maximum atomic E-state index is 13.7. The number of aromatic nitrogens is 1. The monoisotopic (exact) mass is 369 g/mol. The summed E-state index contributed by atoms with van der Waals surface area (Å²) in [4.78, 5) is 0. The standard InChI is InChI=1S/C15H10ClF6NO/c16-7-3-8(17)5-9(4-7)23-6-10(15(20,21)22)12-11(23)1-2-14(18,19)13(12)24/h3-6,13,24H,1-2H2. The fraction of sp³-hybridized carbons (Fsp3) is 0.333. The zero-order valence-electron chi connectivity index (χ0n) is 11.8. The van der Waals surface area contributed by atoms with Gasteiger partial charge < -0.3 is 9.67 Å². The van der Waals surface area contributed by atoms with Crippen molar-refractivity contribution in [3.63, 3.8) is 0 Å². The molecule has 1 aliphatic carbocycles. The third kappa shape index (κ3) is 2.77. The van der Waals surface area contributed by atoms with E-state index in [0.29, 0.717) is 6.20 Å². The normalized spacial score (nSPS) is 20.1. The summed E-state index contributed by atoms with van der Waals surface area (Å²) in [5, 5.41) is 9.69. The summed E-state index contributed by atoms with van der Waals surface area (Å²) in [5.41, 5.74) is -2.42. The molecule has 2 nitrogen and oxygen atoms in total. The number of nitrogens with zero attached hydrogens (tertiary/aromatic N) is 1. The number of hydrogen-bond donors (Lipinski definition) is 1. The molecule has 0 fully saturated rings. The van der Waals surface area contributed by atoms with Crippen LogP contribution < -0.4 is 0 Å². The van der Waals surface area contributed by atoms with E-state index in [0.717, 1.165) is 16.7 Å². The molecule has 1 N–H and O–H groups in total. The predicted octanol–water partition coefficient (Wildman–Crippen LogP) is 4.90. The summed E-state index contributed by atoms with van der Waals surface area (Å²) in [6.45, 7) is 0. The van der Waals surface area contributed by atoms with Gasteiger partial charge in [-0.05, 0) is 24.6 Å². The number of alkyl halides is 5. The highest BCUT2D eigenvalue weighted by Crippen LogP contribution is 2.48. The number of benzene rings is 1. The SMILES string of the molecule is OC1c2c(C(F)(F)F)cn(-c3cc(F)cc(Cl)c3)c2CCC1(F)F. The van der Waals surface area contributed by atoms with Crippen LogP contribution in [-0.4, -0.2) is 15.6 Å². The van der Waals surface area contributed by atoms with Crippen molar-refractivity contribution in [2.75, 3.05) is 0 Å². The average Bonchev–Trinajstić information content (AvgIpc) is 2.82. The summed E-state index contributed by atoms with van der Waals surface area (Å²) in [6, 6.07) is 3.12. The van der Waals surface area contributed by atoms with Gasteiger partial charge in [0.25, 0.3) is 5.92 Å². The van der Waals surface area contributed by atoms with Gasteiger partial charge in [-0.25, -0.2) is 13.2 Å². The Morgan fingerprint density at radius 1 is 1.21 bits per heavy atom. The summed E-state index contributed by atoms with van der Waals surface area (Å²) >= 11 is 5.71. The van der Waals surface area contributed by atoms with Crippen LogP contribution in [0.3, 0.4) is 0 Å². The summed E-state index contributed by atoms with van der Waals surface area (Å²) in [5.74, 6) is -4.45. The molecule has 3 rings (SSSR count). The van der Waals surface area contributed by atoms with Crippen LogP contribution in [0.15, 0.2) is 24.4 Å². The quantitative estimate of drug-likeness (QED) is 0.710. The lowest BCUT2D eigenvalue weighted by atomic mass is 9.89. The van der Waals surface area contributed by atoms with Crippen molar-refractivity contribution < 1.29 is 31.4 Å². The summed E-state index contributed by atoms with van der Waals surface area (Å²) in [6.07, 6.45) is -8.15.